The van der Waals surface area contributed by atoms with Crippen LogP contribution in [0.3, 0.4) is 0 Å². The highest BCUT2D eigenvalue weighted by Crippen LogP contribution is 2.31. The Morgan fingerprint density at radius 2 is 1.87 bits per heavy atom. The first-order chi connectivity index (χ1) is 14.3. The van der Waals surface area contributed by atoms with Crippen molar-refractivity contribution in [2.45, 2.75) is 19.4 Å². The predicted molar refractivity (Wildman–Crippen MR) is 110 cm³/mol. The van der Waals surface area contributed by atoms with Crippen LogP contribution in [0.2, 0.25) is 0 Å². The lowest BCUT2D eigenvalue weighted by atomic mass is 9.94. The molecule has 2 atom stereocenters. The number of amides is 2. The number of rotatable bonds is 8. The van der Waals surface area contributed by atoms with Gasteiger partial charge in [0.1, 0.15) is 6.10 Å². The standard InChI is InChI=1S/C21H22FNO6S/c1-13(9-10-28-18(25)12-30)19(15-7-8-17(24)16(22)11-15)29-21(27)23-20(26)14-5-3-2-4-6-14/h2-8,11,13,19,24,30H,9-10,12H2,1H3,(H,23,26,27)/t13-,19+/m1/s1. The molecule has 0 fully saturated rings. The molecular weight excluding hydrogens is 413 g/mol. The molecule has 2 aromatic carbocycles. The maximum atomic E-state index is 13.8. The van der Waals surface area contributed by atoms with Gasteiger partial charge in [0, 0.05) is 11.5 Å². The highest BCUT2D eigenvalue weighted by Gasteiger charge is 2.26. The summed E-state index contributed by atoms with van der Waals surface area (Å²) < 4.78 is 24.2. The van der Waals surface area contributed by atoms with Crippen LogP contribution in [0.25, 0.3) is 0 Å². The molecule has 0 aromatic heterocycles. The van der Waals surface area contributed by atoms with Crippen molar-refractivity contribution < 1.29 is 33.4 Å². The van der Waals surface area contributed by atoms with Gasteiger partial charge in [0.25, 0.3) is 5.91 Å². The average molecular weight is 435 g/mol. The lowest BCUT2D eigenvalue weighted by Crippen LogP contribution is -2.33. The van der Waals surface area contributed by atoms with E-state index in [9.17, 15) is 23.9 Å². The van der Waals surface area contributed by atoms with Gasteiger partial charge in [-0.25, -0.2) is 9.18 Å². The van der Waals surface area contributed by atoms with Crippen molar-refractivity contribution in [1.82, 2.24) is 5.32 Å². The van der Waals surface area contributed by atoms with E-state index in [4.69, 9.17) is 9.47 Å². The van der Waals surface area contributed by atoms with Gasteiger partial charge >= 0.3 is 12.1 Å². The van der Waals surface area contributed by atoms with Gasteiger partial charge in [-0.15, -0.1) is 0 Å². The molecule has 0 aliphatic heterocycles. The molecule has 0 spiro atoms. The monoisotopic (exact) mass is 435 g/mol. The van der Waals surface area contributed by atoms with Crippen LogP contribution in [0.4, 0.5) is 9.18 Å². The summed E-state index contributed by atoms with van der Waals surface area (Å²) >= 11 is 3.82. The highest BCUT2D eigenvalue weighted by molar-refractivity contribution is 7.81. The first-order valence-electron chi connectivity index (χ1n) is 9.13. The van der Waals surface area contributed by atoms with Crippen LogP contribution in [-0.4, -0.2) is 35.4 Å². The van der Waals surface area contributed by atoms with Crippen molar-refractivity contribution in [1.29, 1.82) is 0 Å². The zero-order valence-corrected chi connectivity index (χ0v) is 17.1. The Morgan fingerprint density at radius 1 is 1.17 bits per heavy atom. The minimum Gasteiger partial charge on any atom is -0.505 e. The van der Waals surface area contributed by atoms with Crippen molar-refractivity contribution in [3.05, 3.63) is 65.5 Å². The number of halogens is 1. The zero-order valence-electron chi connectivity index (χ0n) is 16.2. The van der Waals surface area contributed by atoms with E-state index in [-0.39, 0.29) is 23.5 Å². The SMILES string of the molecule is C[C@H](CCOC(=O)CS)[C@H](OC(=O)NC(=O)c1ccccc1)c1ccc(O)c(F)c1. The molecule has 0 radical (unpaired) electrons. The van der Waals surface area contributed by atoms with E-state index < -0.39 is 41.6 Å². The molecular formula is C21H22FNO6S. The first kappa shape index (κ1) is 23.2. The largest absolute Gasteiger partial charge is 0.505 e. The summed E-state index contributed by atoms with van der Waals surface area (Å²) in [6.45, 7) is 1.77. The van der Waals surface area contributed by atoms with Crippen LogP contribution in [0.1, 0.15) is 35.4 Å². The van der Waals surface area contributed by atoms with Crippen LogP contribution in [0.5, 0.6) is 5.75 Å². The summed E-state index contributed by atoms with van der Waals surface area (Å²) in [5.41, 5.74) is 0.550. The summed E-state index contributed by atoms with van der Waals surface area (Å²) in [4.78, 5) is 35.7. The second-order valence-corrected chi connectivity index (χ2v) is 6.82. The van der Waals surface area contributed by atoms with E-state index in [2.05, 4.69) is 17.9 Å². The molecule has 7 nitrogen and oxygen atoms in total. The fourth-order valence-corrected chi connectivity index (χ4v) is 2.76. The Hall–Kier alpha value is -3.07. The number of carbonyl (C=O) groups excluding carboxylic acids is 3. The third-order valence-corrected chi connectivity index (χ3v) is 4.53. The molecule has 9 heteroatoms. The molecule has 0 aliphatic rings. The Balaban J connectivity index is 2.11. The van der Waals surface area contributed by atoms with E-state index in [1.165, 1.54) is 18.2 Å². The molecule has 0 bridgehead atoms. The van der Waals surface area contributed by atoms with Gasteiger partial charge in [-0.05, 0) is 36.2 Å². The third-order valence-electron chi connectivity index (χ3n) is 4.27. The fourth-order valence-electron chi connectivity index (χ4n) is 2.67. The molecule has 160 valence electrons. The van der Waals surface area contributed by atoms with Crippen molar-refractivity contribution in [3.63, 3.8) is 0 Å². The summed E-state index contributed by atoms with van der Waals surface area (Å²) in [5, 5.41) is 11.5. The summed E-state index contributed by atoms with van der Waals surface area (Å²) in [6, 6.07) is 11.7. The van der Waals surface area contributed by atoms with Crippen LogP contribution < -0.4 is 5.32 Å². The maximum Gasteiger partial charge on any atom is 0.414 e. The van der Waals surface area contributed by atoms with Gasteiger partial charge in [-0.1, -0.05) is 31.2 Å². The van der Waals surface area contributed by atoms with Crippen molar-refractivity contribution in [3.8, 4) is 5.75 Å². The number of ether oxygens (including phenoxy) is 2. The number of hydrogen-bond donors (Lipinski definition) is 3. The number of alkyl carbamates (subject to hydrolysis) is 1. The molecule has 2 amide bonds. The molecule has 2 N–H and O–H groups in total. The Bertz CT molecular complexity index is 892. The number of carbonyl (C=O) groups is 3. The maximum absolute atomic E-state index is 13.8. The number of phenols is 1. The number of benzene rings is 2. The van der Waals surface area contributed by atoms with E-state index in [1.807, 2.05) is 0 Å². The highest BCUT2D eigenvalue weighted by atomic mass is 32.1. The summed E-state index contributed by atoms with van der Waals surface area (Å²) in [6.07, 6.45) is -1.67. The van der Waals surface area contributed by atoms with Crippen molar-refractivity contribution in [2.24, 2.45) is 5.92 Å². The summed E-state index contributed by atoms with van der Waals surface area (Å²) in [5.74, 6) is -3.04. The number of aromatic hydroxyl groups is 1. The van der Waals surface area contributed by atoms with Gasteiger partial charge in [0.05, 0.1) is 12.4 Å². The molecule has 0 heterocycles. The molecule has 2 rings (SSSR count). The van der Waals surface area contributed by atoms with E-state index in [1.54, 1.807) is 25.1 Å². The Morgan fingerprint density at radius 3 is 2.50 bits per heavy atom. The second kappa shape index (κ2) is 11.2. The number of phenolic OH excluding ortho intramolecular Hbond substituents is 1. The quantitative estimate of drug-likeness (QED) is 0.432. The normalized spacial score (nSPS) is 12.5. The van der Waals surface area contributed by atoms with Gasteiger partial charge < -0.3 is 14.6 Å². The number of nitrogens with one attached hydrogen (secondary N) is 1. The smallest absolute Gasteiger partial charge is 0.414 e. The molecule has 30 heavy (non-hydrogen) atoms. The lowest BCUT2D eigenvalue weighted by molar-refractivity contribution is -0.141. The lowest BCUT2D eigenvalue weighted by Gasteiger charge is -2.24. The minimum absolute atomic E-state index is 0.0472. The van der Waals surface area contributed by atoms with E-state index in [0.29, 0.717) is 6.42 Å². The minimum atomic E-state index is -1.01. The number of esters is 1. The van der Waals surface area contributed by atoms with Crippen LogP contribution in [0, 0.1) is 11.7 Å². The van der Waals surface area contributed by atoms with E-state index >= 15 is 0 Å². The van der Waals surface area contributed by atoms with Crippen LogP contribution in [-0.2, 0) is 14.3 Å². The average Bonchev–Trinajstić information content (AvgIpc) is 2.74. The number of thiol groups is 1. The summed E-state index contributed by atoms with van der Waals surface area (Å²) in [7, 11) is 0. The Kier molecular flexibility index (Phi) is 8.67. The van der Waals surface area contributed by atoms with Gasteiger partial charge in [-0.2, -0.15) is 12.6 Å². The van der Waals surface area contributed by atoms with Crippen LogP contribution in [0.15, 0.2) is 48.5 Å². The first-order valence-corrected chi connectivity index (χ1v) is 9.77. The van der Waals surface area contributed by atoms with Crippen molar-refractivity contribution in [2.75, 3.05) is 12.4 Å². The van der Waals surface area contributed by atoms with Crippen LogP contribution >= 0.6 is 12.6 Å². The second-order valence-electron chi connectivity index (χ2n) is 6.50. The number of imide groups is 1. The molecule has 0 saturated carbocycles. The predicted octanol–water partition coefficient (Wildman–Crippen LogP) is 3.64. The molecule has 0 unspecified atom stereocenters. The van der Waals surface area contributed by atoms with Crippen molar-refractivity contribution >= 4 is 30.6 Å². The van der Waals surface area contributed by atoms with Gasteiger partial charge in [-0.3, -0.25) is 14.9 Å². The third kappa shape index (κ3) is 6.77. The number of hydrogen-bond acceptors (Lipinski definition) is 7. The Labute approximate surface area is 178 Å². The van der Waals surface area contributed by atoms with Gasteiger partial charge in [0.15, 0.2) is 11.6 Å². The molecule has 0 aliphatic carbocycles. The van der Waals surface area contributed by atoms with Gasteiger partial charge in [0.2, 0.25) is 0 Å². The molecule has 2 aromatic rings. The fraction of sp³-hybridized carbons (Fsp3) is 0.286. The van der Waals surface area contributed by atoms with E-state index in [0.717, 1.165) is 12.1 Å². The molecule has 0 saturated heterocycles. The topological polar surface area (TPSA) is 102 Å². The zero-order chi connectivity index (χ0) is 22.1.